The van der Waals surface area contributed by atoms with Crippen molar-refractivity contribution in [1.29, 1.82) is 5.26 Å². The fourth-order valence-corrected chi connectivity index (χ4v) is 3.16. The maximum absolute atomic E-state index is 12.1. The molecule has 0 amide bonds. The molecule has 0 N–H and O–H groups in total. The van der Waals surface area contributed by atoms with E-state index in [4.69, 9.17) is 0 Å². The molecule has 2 heteroatoms. The molecule has 0 saturated heterocycles. The van der Waals surface area contributed by atoms with Gasteiger partial charge in [0.05, 0.1) is 6.07 Å². The molecule has 0 spiro atoms. The Hall–Kier alpha value is -1.10. The zero-order valence-electron chi connectivity index (χ0n) is 9.09. The number of Topliss-reactive ketones (excluding diaryl/α,β-unsaturated/α-hetero) is 1. The summed E-state index contributed by atoms with van der Waals surface area (Å²) in [6.07, 6.45) is 6.62. The van der Waals surface area contributed by atoms with Crippen LogP contribution in [0.15, 0.2) is 12.2 Å². The monoisotopic (exact) mass is 203 g/mol. The minimum Gasteiger partial charge on any atom is -0.298 e. The first-order valence-corrected chi connectivity index (χ1v) is 5.84. The van der Waals surface area contributed by atoms with Gasteiger partial charge in [0.15, 0.2) is 5.78 Å². The van der Waals surface area contributed by atoms with Gasteiger partial charge in [-0.05, 0) is 43.6 Å². The van der Waals surface area contributed by atoms with Gasteiger partial charge in [-0.15, -0.1) is 0 Å². The van der Waals surface area contributed by atoms with E-state index in [0.29, 0.717) is 6.42 Å². The van der Waals surface area contributed by atoms with Gasteiger partial charge in [-0.2, -0.15) is 5.26 Å². The minimum absolute atomic E-state index is 0.136. The van der Waals surface area contributed by atoms with Crippen LogP contribution in [0.4, 0.5) is 0 Å². The highest BCUT2D eigenvalue weighted by atomic mass is 16.1. The zero-order chi connectivity index (χ0) is 10.9. The number of hydrogen-bond acceptors (Lipinski definition) is 2. The molecular formula is C13H17NO. The number of hydrogen-bond donors (Lipinski definition) is 0. The molecule has 0 aromatic rings. The number of nitriles is 1. The van der Waals surface area contributed by atoms with Crippen molar-refractivity contribution in [2.24, 2.45) is 11.3 Å². The van der Waals surface area contributed by atoms with Crippen molar-refractivity contribution in [3.8, 4) is 6.07 Å². The van der Waals surface area contributed by atoms with Crippen molar-refractivity contribution in [3.05, 3.63) is 12.2 Å². The molecule has 2 aliphatic rings. The normalized spacial score (nSPS) is 36.6. The van der Waals surface area contributed by atoms with Gasteiger partial charge in [-0.1, -0.05) is 13.0 Å². The van der Waals surface area contributed by atoms with Crippen molar-refractivity contribution in [2.45, 2.75) is 44.9 Å². The quantitative estimate of drug-likeness (QED) is 0.568. The van der Waals surface area contributed by atoms with Gasteiger partial charge in [0.1, 0.15) is 5.41 Å². The Balaban J connectivity index is 2.44. The van der Waals surface area contributed by atoms with Crippen LogP contribution in [0.3, 0.4) is 0 Å². The topological polar surface area (TPSA) is 40.9 Å². The molecule has 0 aromatic carbocycles. The molecule has 0 aromatic heterocycles. The first-order chi connectivity index (χ1) is 7.21. The third kappa shape index (κ3) is 1.42. The first kappa shape index (κ1) is 10.4. The lowest BCUT2D eigenvalue weighted by Crippen LogP contribution is -2.40. The maximum atomic E-state index is 12.1. The van der Waals surface area contributed by atoms with E-state index in [1.807, 2.05) is 0 Å². The summed E-state index contributed by atoms with van der Waals surface area (Å²) in [5.74, 6) is 0.385. The van der Waals surface area contributed by atoms with Gasteiger partial charge in [0.25, 0.3) is 0 Å². The van der Waals surface area contributed by atoms with Crippen molar-refractivity contribution >= 4 is 5.78 Å². The Morgan fingerprint density at radius 3 is 2.73 bits per heavy atom. The zero-order valence-corrected chi connectivity index (χ0v) is 9.09. The lowest BCUT2D eigenvalue weighted by molar-refractivity contribution is -0.126. The predicted molar refractivity (Wildman–Crippen MR) is 58.0 cm³/mol. The van der Waals surface area contributed by atoms with Crippen LogP contribution in [0.5, 0.6) is 0 Å². The molecule has 2 saturated carbocycles. The number of rotatable bonds is 0. The molecule has 0 radical (unpaired) electrons. The van der Waals surface area contributed by atoms with E-state index in [1.54, 1.807) is 0 Å². The Labute approximate surface area is 91.0 Å². The smallest absolute Gasteiger partial charge is 0.157 e. The Bertz CT molecular complexity index is 339. The third-order valence-corrected chi connectivity index (χ3v) is 4.02. The highest BCUT2D eigenvalue weighted by Crippen LogP contribution is 2.49. The maximum Gasteiger partial charge on any atom is 0.157 e. The highest BCUT2D eigenvalue weighted by Gasteiger charge is 2.49. The molecule has 0 heterocycles. The standard InChI is InChI=1S/C13H17NO/c1-10-5-4-7-11-6-2-3-8-12(15)13(10,11)9-14/h11H,1-8H2. The van der Waals surface area contributed by atoms with Gasteiger partial charge in [-0.3, -0.25) is 4.79 Å². The van der Waals surface area contributed by atoms with E-state index >= 15 is 0 Å². The van der Waals surface area contributed by atoms with Crippen LogP contribution < -0.4 is 0 Å². The number of nitrogens with zero attached hydrogens (tertiary/aromatic N) is 1. The molecule has 2 rings (SSSR count). The number of carbonyl (C=O) groups is 1. The highest BCUT2D eigenvalue weighted by molar-refractivity contribution is 5.91. The van der Waals surface area contributed by atoms with Crippen molar-refractivity contribution in [2.75, 3.05) is 0 Å². The molecule has 80 valence electrons. The van der Waals surface area contributed by atoms with Crippen LogP contribution in [0.1, 0.15) is 44.9 Å². The van der Waals surface area contributed by atoms with Crippen molar-refractivity contribution in [1.82, 2.24) is 0 Å². The van der Waals surface area contributed by atoms with Crippen LogP contribution in [0, 0.1) is 22.7 Å². The van der Waals surface area contributed by atoms with Crippen LogP contribution in [-0.4, -0.2) is 5.78 Å². The van der Waals surface area contributed by atoms with E-state index in [9.17, 15) is 10.1 Å². The molecule has 2 unspecified atom stereocenters. The summed E-state index contributed by atoms with van der Waals surface area (Å²) < 4.78 is 0. The van der Waals surface area contributed by atoms with Crippen molar-refractivity contribution in [3.63, 3.8) is 0 Å². The van der Waals surface area contributed by atoms with E-state index in [1.165, 1.54) is 0 Å². The molecule has 15 heavy (non-hydrogen) atoms. The van der Waals surface area contributed by atoms with Gasteiger partial charge in [0.2, 0.25) is 0 Å². The number of carbonyl (C=O) groups excluding carboxylic acids is 1. The molecule has 2 atom stereocenters. The molecule has 0 bridgehead atoms. The van der Waals surface area contributed by atoms with Crippen LogP contribution in [-0.2, 0) is 4.79 Å². The average Bonchev–Trinajstić information content (AvgIpc) is 2.40. The lowest BCUT2D eigenvalue weighted by atomic mass is 9.61. The molecule has 2 fully saturated rings. The molecular weight excluding hydrogens is 186 g/mol. The summed E-state index contributed by atoms with van der Waals surface area (Å²) in [7, 11) is 0. The first-order valence-electron chi connectivity index (χ1n) is 5.84. The number of ketones is 1. The summed E-state index contributed by atoms with van der Waals surface area (Å²) in [5, 5.41) is 9.41. The van der Waals surface area contributed by atoms with Crippen LogP contribution in [0.25, 0.3) is 0 Å². The molecule has 2 aliphatic carbocycles. The summed E-state index contributed by atoms with van der Waals surface area (Å²) in [5.41, 5.74) is 0.0718. The van der Waals surface area contributed by atoms with Gasteiger partial charge in [-0.25, -0.2) is 0 Å². The Morgan fingerprint density at radius 1 is 1.27 bits per heavy atom. The summed E-state index contributed by atoms with van der Waals surface area (Å²) >= 11 is 0. The fourth-order valence-electron chi connectivity index (χ4n) is 3.16. The van der Waals surface area contributed by atoms with E-state index in [0.717, 1.165) is 44.1 Å². The average molecular weight is 203 g/mol. The van der Waals surface area contributed by atoms with Gasteiger partial charge < -0.3 is 0 Å². The summed E-state index contributed by atoms with van der Waals surface area (Å²) in [4.78, 5) is 12.1. The number of allylic oxidation sites excluding steroid dienone is 1. The van der Waals surface area contributed by atoms with E-state index < -0.39 is 5.41 Å². The van der Waals surface area contributed by atoms with Crippen LogP contribution >= 0.6 is 0 Å². The summed E-state index contributed by atoms with van der Waals surface area (Å²) in [6.45, 7) is 3.99. The fraction of sp³-hybridized carbons (Fsp3) is 0.692. The second-order valence-corrected chi connectivity index (χ2v) is 4.78. The number of fused-ring (bicyclic) bond motifs is 1. The largest absolute Gasteiger partial charge is 0.298 e. The van der Waals surface area contributed by atoms with E-state index in [-0.39, 0.29) is 11.7 Å². The van der Waals surface area contributed by atoms with Gasteiger partial charge in [0, 0.05) is 6.42 Å². The Morgan fingerprint density at radius 2 is 2.00 bits per heavy atom. The summed E-state index contributed by atoms with van der Waals surface area (Å²) in [6, 6.07) is 2.31. The molecule has 0 aliphatic heterocycles. The second kappa shape index (κ2) is 3.81. The third-order valence-electron chi connectivity index (χ3n) is 4.02. The minimum atomic E-state index is -0.811. The van der Waals surface area contributed by atoms with Gasteiger partial charge >= 0.3 is 0 Å². The molecule has 2 nitrogen and oxygen atoms in total. The Kier molecular flexibility index (Phi) is 2.65. The SMILES string of the molecule is C=C1CCCC2CCCCC(=O)C12C#N. The second-order valence-electron chi connectivity index (χ2n) is 4.78. The predicted octanol–water partition coefficient (Wildman–Crippen LogP) is 3.00. The van der Waals surface area contributed by atoms with Crippen molar-refractivity contribution < 1.29 is 4.79 Å². The lowest BCUT2D eigenvalue weighted by Gasteiger charge is -2.38. The van der Waals surface area contributed by atoms with Crippen LogP contribution in [0.2, 0.25) is 0 Å². The van der Waals surface area contributed by atoms with E-state index in [2.05, 4.69) is 12.6 Å².